The molecule has 1 aliphatic heterocycles. The Morgan fingerprint density at radius 1 is 1.28 bits per heavy atom. The first-order chi connectivity index (χ1) is 15.4. The van der Waals surface area contributed by atoms with Crippen LogP contribution in [-0.4, -0.2) is 29.9 Å². The lowest BCUT2D eigenvalue weighted by Crippen LogP contribution is -2.25. The molecule has 32 heavy (non-hydrogen) atoms. The molecule has 0 unspecified atom stereocenters. The van der Waals surface area contributed by atoms with Crippen LogP contribution in [-0.2, 0) is 4.79 Å². The van der Waals surface area contributed by atoms with Gasteiger partial charge in [0.05, 0.1) is 24.1 Å². The summed E-state index contributed by atoms with van der Waals surface area (Å²) in [6.45, 7) is 10.8. The van der Waals surface area contributed by atoms with Gasteiger partial charge in [-0.15, -0.1) is 11.3 Å². The summed E-state index contributed by atoms with van der Waals surface area (Å²) in [5.41, 5.74) is 5.74. The predicted molar refractivity (Wildman–Crippen MR) is 131 cm³/mol. The van der Waals surface area contributed by atoms with Crippen molar-refractivity contribution in [3.05, 3.63) is 75.9 Å². The second-order valence-electron chi connectivity index (χ2n) is 8.10. The van der Waals surface area contributed by atoms with E-state index in [-0.39, 0.29) is 12.5 Å². The highest BCUT2D eigenvalue weighted by molar-refractivity contribution is 7.07. The maximum Gasteiger partial charge on any atom is 0.262 e. The van der Waals surface area contributed by atoms with E-state index in [0.717, 1.165) is 27.2 Å². The first kappa shape index (κ1) is 21.8. The number of hydrogen-bond acceptors (Lipinski definition) is 5. The van der Waals surface area contributed by atoms with E-state index in [1.165, 1.54) is 16.9 Å². The lowest BCUT2D eigenvalue weighted by Gasteiger charge is -2.18. The van der Waals surface area contributed by atoms with Gasteiger partial charge in [0.25, 0.3) is 5.91 Å². The van der Waals surface area contributed by atoms with E-state index < -0.39 is 0 Å². The molecule has 1 aromatic heterocycles. The van der Waals surface area contributed by atoms with Crippen molar-refractivity contribution in [1.29, 1.82) is 0 Å². The lowest BCUT2D eigenvalue weighted by atomic mass is 10.0. The van der Waals surface area contributed by atoms with Gasteiger partial charge in [0.2, 0.25) is 4.80 Å². The third-order valence-electron chi connectivity index (χ3n) is 5.00. The van der Waals surface area contributed by atoms with E-state index in [0.29, 0.717) is 23.9 Å². The SMILES string of the molecule is C=C(C)CN=c1scc(-c2ccc3c(c2)NC(=O)CO3)n1N=Cc1ccc(C(C)C)cc1. The van der Waals surface area contributed by atoms with Crippen molar-refractivity contribution in [1.82, 2.24) is 4.68 Å². The molecule has 1 amide bonds. The van der Waals surface area contributed by atoms with E-state index in [4.69, 9.17) is 9.84 Å². The first-order valence-corrected chi connectivity index (χ1v) is 11.4. The Bertz CT molecular complexity index is 1250. The van der Waals surface area contributed by atoms with Gasteiger partial charge in [-0.3, -0.25) is 9.79 Å². The van der Waals surface area contributed by atoms with Crippen LogP contribution in [0.5, 0.6) is 5.75 Å². The first-order valence-electron chi connectivity index (χ1n) is 10.5. The van der Waals surface area contributed by atoms with Crippen LogP contribution in [0, 0.1) is 0 Å². The standard InChI is InChI=1S/C25H26N4O2S/c1-16(2)12-26-25-29(27-13-18-5-7-19(8-6-18)17(3)4)22(15-32-25)20-9-10-23-21(11-20)28-24(30)14-31-23/h5-11,13,15,17H,1,12,14H2,2-4H3,(H,28,30). The van der Waals surface area contributed by atoms with Gasteiger partial charge in [-0.05, 0) is 42.2 Å². The minimum absolute atomic E-state index is 0.0363. The normalized spacial score (nSPS) is 13.9. The fourth-order valence-corrected chi connectivity index (χ4v) is 4.09. The molecule has 0 saturated heterocycles. The summed E-state index contributed by atoms with van der Waals surface area (Å²) in [5, 5.41) is 9.64. The van der Waals surface area contributed by atoms with Gasteiger partial charge in [0.1, 0.15) is 5.75 Å². The molecular formula is C25H26N4O2S. The molecule has 0 spiro atoms. The third kappa shape index (κ3) is 4.89. The van der Waals surface area contributed by atoms with Crippen LogP contribution in [0.15, 0.2) is 70.1 Å². The third-order valence-corrected chi connectivity index (χ3v) is 5.86. The van der Waals surface area contributed by atoms with Crippen molar-refractivity contribution in [2.24, 2.45) is 10.1 Å². The Morgan fingerprint density at radius 3 is 2.78 bits per heavy atom. The Kier molecular flexibility index (Phi) is 6.37. The van der Waals surface area contributed by atoms with Gasteiger partial charge in [-0.2, -0.15) is 5.10 Å². The highest BCUT2D eigenvalue weighted by atomic mass is 32.1. The number of aromatic nitrogens is 1. The predicted octanol–water partition coefficient (Wildman–Crippen LogP) is 5.03. The van der Waals surface area contributed by atoms with Crippen LogP contribution < -0.4 is 14.9 Å². The molecule has 3 aromatic rings. The fourth-order valence-electron chi connectivity index (χ4n) is 3.25. The summed E-state index contributed by atoms with van der Waals surface area (Å²) in [7, 11) is 0. The highest BCUT2D eigenvalue weighted by Gasteiger charge is 2.17. The largest absolute Gasteiger partial charge is 0.482 e. The lowest BCUT2D eigenvalue weighted by molar-refractivity contribution is -0.118. The topological polar surface area (TPSA) is 68.0 Å². The fraction of sp³-hybridized carbons (Fsp3) is 0.240. The molecule has 0 aliphatic carbocycles. The van der Waals surface area contributed by atoms with Crippen LogP contribution in [0.2, 0.25) is 0 Å². The van der Waals surface area contributed by atoms with E-state index in [1.807, 2.05) is 41.4 Å². The Hall–Kier alpha value is -3.45. The van der Waals surface area contributed by atoms with E-state index in [1.54, 1.807) is 0 Å². The molecule has 0 bridgehead atoms. The molecule has 0 radical (unpaired) electrons. The van der Waals surface area contributed by atoms with Crippen LogP contribution in [0.25, 0.3) is 11.3 Å². The number of nitrogens with one attached hydrogen (secondary N) is 1. The summed E-state index contributed by atoms with van der Waals surface area (Å²) in [6.07, 6.45) is 1.84. The summed E-state index contributed by atoms with van der Waals surface area (Å²) in [4.78, 5) is 17.2. The van der Waals surface area contributed by atoms with Gasteiger partial charge in [0, 0.05) is 10.9 Å². The summed E-state index contributed by atoms with van der Waals surface area (Å²) >= 11 is 1.52. The number of benzene rings is 2. The van der Waals surface area contributed by atoms with Crippen molar-refractivity contribution < 1.29 is 9.53 Å². The van der Waals surface area contributed by atoms with E-state index in [2.05, 4.69) is 55.0 Å². The zero-order chi connectivity index (χ0) is 22.7. The summed E-state index contributed by atoms with van der Waals surface area (Å²) in [6, 6.07) is 14.1. The van der Waals surface area contributed by atoms with Crippen LogP contribution in [0.3, 0.4) is 0 Å². The second-order valence-corrected chi connectivity index (χ2v) is 8.94. The van der Waals surface area contributed by atoms with Gasteiger partial charge >= 0.3 is 0 Å². The van der Waals surface area contributed by atoms with Gasteiger partial charge in [-0.1, -0.05) is 50.3 Å². The summed E-state index contributed by atoms with van der Waals surface area (Å²) < 4.78 is 7.32. The van der Waals surface area contributed by atoms with Crippen molar-refractivity contribution in [2.75, 3.05) is 18.5 Å². The molecule has 4 rings (SSSR count). The molecule has 0 fully saturated rings. The smallest absolute Gasteiger partial charge is 0.262 e. The number of nitrogens with zero attached hydrogens (tertiary/aromatic N) is 3. The Morgan fingerprint density at radius 2 is 2.06 bits per heavy atom. The molecule has 0 atom stereocenters. The number of anilines is 1. The zero-order valence-corrected chi connectivity index (χ0v) is 19.3. The number of amides is 1. The quantitative estimate of drug-likeness (QED) is 0.426. The molecule has 2 heterocycles. The molecule has 0 saturated carbocycles. The van der Waals surface area contributed by atoms with Crippen LogP contribution in [0.1, 0.15) is 37.8 Å². The highest BCUT2D eigenvalue weighted by Crippen LogP contribution is 2.32. The van der Waals surface area contributed by atoms with Gasteiger partial charge in [0.15, 0.2) is 6.61 Å². The molecule has 6 nitrogen and oxygen atoms in total. The molecular weight excluding hydrogens is 420 g/mol. The Balaban J connectivity index is 1.74. The number of thiazole rings is 1. The molecule has 7 heteroatoms. The average molecular weight is 447 g/mol. The van der Waals surface area contributed by atoms with Crippen molar-refractivity contribution in [3.8, 4) is 17.0 Å². The number of ether oxygens (including phenoxy) is 1. The number of hydrogen-bond donors (Lipinski definition) is 1. The van der Waals surface area contributed by atoms with Crippen LogP contribution in [0.4, 0.5) is 5.69 Å². The maximum absolute atomic E-state index is 11.7. The Labute approximate surface area is 191 Å². The number of rotatable bonds is 6. The average Bonchev–Trinajstić information content (AvgIpc) is 3.18. The monoisotopic (exact) mass is 446 g/mol. The molecule has 164 valence electrons. The number of fused-ring (bicyclic) bond motifs is 1. The molecule has 2 aromatic carbocycles. The minimum atomic E-state index is -0.159. The second kappa shape index (κ2) is 9.36. The molecule has 1 aliphatic rings. The maximum atomic E-state index is 11.7. The van der Waals surface area contributed by atoms with E-state index >= 15 is 0 Å². The van der Waals surface area contributed by atoms with Crippen molar-refractivity contribution in [3.63, 3.8) is 0 Å². The minimum Gasteiger partial charge on any atom is -0.482 e. The van der Waals surface area contributed by atoms with Gasteiger partial charge in [-0.25, -0.2) is 4.68 Å². The number of carbonyl (C=O) groups is 1. The molecule has 1 N–H and O–H groups in total. The van der Waals surface area contributed by atoms with Crippen LogP contribution >= 0.6 is 11.3 Å². The van der Waals surface area contributed by atoms with E-state index in [9.17, 15) is 4.79 Å². The van der Waals surface area contributed by atoms with Crippen molar-refractivity contribution in [2.45, 2.75) is 26.7 Å². The number of carbonyl (C=O) groups excluding carboxylic acids is 1. The summed E-state index contributed by atoms with van der Waals surface area (Å²) in [5.74, 6) is 0.990. The van der Waals surface area contributed by atoms with Crippen molar-refractivity contribution >= 4 is 29.1 Å². The van der Waals surface area contributed by atoms with Gasteiger partial charge < -0.3 is 10.1 Å². The zero-order valence-electron chi connectivity index (χ0n) is 18.5.